The normalized spacial score (nSPS) is 18.4. The molecule has 6 heteroatoms. The Morgan fingerprint density at radius 1 is 1.30 bits per heavy atom. The highest BCUT2D eigenvalue weighted by Crippen LogP contribution is 2.29. The minimum atomic E-state index is -3.64. The second kappa shape index (κ2) is 5.35. The zero-order valence-electron chi connectivity index (χ0n) is 11.9. The summed E-state index contributed by atoms with van der Waals surface area (Å²) >= 11 is 0. The third kappa shape index (κ3) is 3.13. The number of anilines is 1. The van der Waals surface area contributed by atoms with E-state index in [9.17, 15) is 13.5 Å². The molecule has 112 valence electrons. The molecule has 0 radical (unpaired) electrons. The maximum atomic E-state index is 12.3. The Labute approximate surface area is 120 Å². The lowest BCUT2D eigenvalue weighted by Crippen LogP contribution is -2.40. The number of hydrogen-bond donors (Lipinski definition) is 3. The molecule has 0 bridgehead atoms. The maximum Gasteiger partial charge on any atom is 0.240 e. The van der Waals surface area contributed by atoms with Crippen LogP contribution in [-0.2, 0) is 10.0 Å². The number of nitrogens with one attached hydrogen (secondary N) is 1. The number of benzene rings is 1. The lowest BCUT2D eigenvalue weighted by atomic mass is 10.0. The average molecular weight is 298 g/mol. The quantitative estimate of drug-likeness (QED) is 0.734. The molecule has 0 spiro atoms. The fourth-order valence-corrected chi connectivity index (χ4v) is 3.77. The van der Waals surface area contributed by atoms with E-state index in [4.69, 9.17) is 5.73 Å². The van der Waals surface area contributed by atoms with Gasteiger partial charge < -0.3 is 10.8 Å². The van der Waals surface area contributed by atoms with E-state index >= 15 is 0 Å². The number of nitrogens with two attached hydrogens (primary N) is 1. The molecule has 2 rings (SSSR count). The van der Waals surface area contributed by atoms with E-state index in [1.807, 2.05) is 13.8 Å². The molecule has 1 aromatic carbocycles. The van der Waals surface area contributed by atoms with E-state index in [1.54, 1.807) is 6.07 Å². The summed E-state index contributed by atoms with van der Waals surface area (Å²) in [5.41, 5.74) is 7.10. The van der Waals surface area contributed by atoms with Gasteiger partial charge in [-0.3, -0.25) is 0 Å². The second-order valence-electron chi connectivity index (χ2n) is 5.71. The first-order valence-electron chi connectivity index (χ1n) is 6.82. The van der Waals surface area contributed by atoms with Crippen LogP contribution in [0.1, 0.15) is 36.8 Å². The van der Waals surface area contributed by atoms with Crippen LogP contribution in [0.5, 0.6) is 0 Å². The van der Waals surface area contributed by atoms with Crippen molar-refractivity contribution in [3.05, 3.63) is 23.3 Å². The number of sulfonamides is 1. The van der Waals surface area contributed by atoms with Gasteiger partial charge in [0.1, 0.15) is 0 Å². The van der Waals surface area contributed by atoms with Gasteiger partial charge in [-0.1, -0.05) is 12.8 Å². The maximum absolute atomic E-state index is 12.3. The first-order chi connectivity index (χ1) is 9.23. The van der Waals surface area contributed by atoms with Gasteiger partial charge in [-0.05, 0) is 49.9 Å². The van der Waals surface area contributed by atoms with Gasteiger partial charge in [0, 0.05) is 12.2 Å². The van der Waals surface area contributed by atoms with Crippen LogP contribution in [0.25, 0.3) is 0 Å². The Kier molecular flexibility index (Phi) is 4.09. The summed E-state index contributed by atoms with van der Waals surface area (Å²) in [4.78, 5) is 0.152. The molecular weight excluding hydrogens is 276 g/mol. The van der Waals surface area contributed by atoms with Crippen LogP contribution in [0.3, 0.4) is 0 Å². The summed E-state index contributed by atoms with van der Waals surface area (Å²) in [5.74, 6) is 0. The SMILES string of the molecule is Cc1cc(S(=O)(=O)NCC2(O)CCCC2)cc(N)c1C. The number of aliphatic hydroxyl groups is 1. The molecule has 1 aliphatic rings. The van der Waals surface area contributed by atoms with E-state index in [1.165, 1.54) is 6.07 Å². The minimum Gasteiger partial charge on any atom is -0.398 e. The van der Waals surface area contributed by atoms with E-state index in [0.29, 0.717) is 18.5 Å². The standard InChI is InChI=1S/C14H22N2O3S/c1-10-7-12(8-13(15)11(10)2)20(18,19)16-9-14(17)5-3-4-6-14/h7-8,16-17H,3-6,9,15H2,1-2H3. The van der Waals surface area contributed by atoms with Gasteiger partial charge in [-0.15, -0.1) is 0 Å². The van der Waals surface area contributed by atoms with E-state index in [-0.39, 0.29) is 11.4 Å². The van der Waals surface area contributed by atoms with Gasteiger partial charge in [0.2, 0.25) is 10.0 Å². The van der Waals surface area contributed by atoms with Crippen LogP contribution < -0.4 is 10.5 Å². The van der Waals surface area contributed by atoms with Crippen LogP contribution in [0.2, 0.25) is 0 Å². The largest absolute Gasteiger partial charge is 0.398 e. The summed E-state index contributed by atoms with van der Waals surface area (Å²) in [6, 6.07) is 3.07. The van der Waals surface area contributed by atoms with Gasteiger partial charge in [0.15, 0.2) is 0 Å². The molecule has 4 N–H and O–H groups in total. The Morgan fingerprint density at radius 2 is 1.90 bits per heavy atom. The van der Waals surface area contributed by atoms with Gasteiger partial charge in [-0.2, -0.15) is 0 Å². The van der Waals surface area contributed by atoms with Crippen molar-refractivity contribution in [2.24, 2.45) is 0 Å². The molecule has 0 atom stereocenters. The predicted molar refractivity (Wildman–Crippen MR) is 78.9 cm³/mol. The fourth-order valence-electron chi connectivity index (χ4n) is 2.53. The zero-order chi connectivity index (χ0) is 15.0. The predicted octanol–water partition coefficient (Wildman–Crippen LogP) is 1.47. The molecule has 1 aliphatic carbocycles. The fraction of sp³-hybridized carbons (Fsp3) is 0.571. The number of hydrogen-bond acceptors (Lipinski definition) is 4. The Balaban J connectivity index is 2.18. The number of nitrogen functional groups attached to an aromatic ring is 1. The Bertz CT molecular complexity index is 582. The highest BCUT2D eigenvalue weighted by Gasteiger charge is 2.32. The lowest BCUT2D eigenvalue weighted by Gasteiger charge is -2.22. The first kappa shape index (κ1) is 15.3. The van der Waals surface area contributed by atoms with Crippen LogP contribution in [0.15, 0.2) is 17.0 Å². The van der Waals surface area contributed by atoms with E-state index in [2.05, 4.69) is 4.72 Å². The van der Waals surface area contributed by atoms with Crippen molar-refractivity contribution < 1.29 is 13.5 Å². The molecule has 0 saturated heterocycles. The molecule has 0 amide bonds. The smallest absolute Gasteiger partial charge is 0.240 e. The molecule has 0 heterocycles. The van der Waals surface area contributed by atoms with Crippen LogP contribution in [0, 0.1) is 13.8 Å². The minimum absolute atomic E-state index is 0.0577. The molecule has 20 heavy (non-hydrogen) atoms. The van der Waals surface area contributed by atoms with Gasteiger partial charge in [0.05, 0.1) is 10.5 Å². The average Bonchev–Trinajstić information content (AvgIpc) is 2.81. The first-order valence-corrected chi connectivity index (χ1v) is 8.31. The number of aryl methyl sites for hydroxylation is 1. The van der Waals surface area contributed by atoms with Crippen molar-refractivity contribution in [1.82, 2.24) is 4.72 Å². The molecule has 1 fully saturated rings. The van der Waals surface area contributed by atoms with Gasteiger partial charge >= 0.3 is 0 Å². The molecule has 5 nitrogen and oxygen atoms in total. The summed E-state index contributed by atoms with van der Waals surface area (Å²) in [6.07, 6.45) is 3.17. The molecule has 0 aliphatic heterocycles. The molecule has 0 aromatic heterocycles. The summed E-state index contributed by atoms with van der Waals surface area (Å²) < 4.78 is 27.0. The third-order valence-corrected chi connectivity index (χ3v) is 5.50. The van der Waals surface area contributed by atoms with Crippen molar-refractivity contribution in [3.63, 3.8) is 0 Å². The Morgan fingerprint density at radius 3 is 2.45 bits per heavy atom. The van der Waals surface area contributed by atoms with E-state index < -0.39 is 15.6 Å². The van der Waals surface area contributed by atoms with Crippen molar-refractivity contribution in [3.8, 4) is 0 Å². The van der Waals surface area contributed by atoms with Crippen molar-refractivity contribution in [1.29, 1.82) is 0 Å². The van der Waals surface area contributed by atoms with Crippen molar-refractivity contribution >= 4 is 15.7 Å². The summed E-state index contributed by atoms with van der Waals surface area (Å²) in [5, 5.41) is 10.2. The highest BCUT2D eigenvalue weighted by atomic mass is 32.2. The molecule has 1 aromatic rings. The van der Waals surface area contributed by atoms with Crippen molar-refractivity contribution in [2.75, 3.05) is 12.3 Å². The van der Waals surface area contributed by atoms with Crippen LogP contribution in [0.4, 0.5) is 5.69 Å². The van der Waals surface area contributed by atoms with Crippen LogP contribution >= 0.6 is 0 Å². The van der Waals surface area contributed by atoms with Crippen LogP contribution in [-0.4, -0.2) is 25.7 Å². The van der Waals surface area contributed by atoms with E-state index in [0.717, 1.165) is 24.0 Å². The topological polar surface area (TPSA) is 92.4 Å². The highest BCUT2D eigenvalue weighted by molar-refractivity contribution is 7.89. The molecule has 0 unspecified atom stereocenters. The summed E-state index contributed by atoms with van der Waals surface area (Å²) in [6.45, 7) is 3.74. The lowest BCUT2D eigenvalue weighted by molar-refractivity contribution is 0.0532. The Hall–Kier alpha value is -1.11. The molecule has 1 saturated carbocycles. The number of rotatable bonds is 4. The van der Waals surface area contributed by atoms with Gasteiger partial charge in [-0.25, -0.2) is 13.1 Å². The van der Waals surface area contributed by atoms with Gasteiger partial charge in [0.25, 0.3) is 0 Å². The second-order valence-corrected chi connectivity index (χ2v) is 7.48. The zero-order valence-corrected chi connectivity index (χ0v) is 12.8. The summed E-state index contributed by atoms with van der Waals surface area (Å²) in [7, 11) is -3.64. The molecular formula is C14H22N2O3S. The third-order valence-electron chi connectivity index (χ3n) is 4.12. The monoisotopic (exact) mass is 298 g/mol. The van der Waals surface area contributed by atoms with Crippen molar-refractivity contribution in [2.45, 2.75) is 50.0 Å².